The fourth-order valence-corrected chi connectivity index (χ4v) is 6.92. The first-order chi connectivity index (χ1) is 27.3. The van der Waals surface area contributed by atoms with Crippen LogP contribution in [0.5, 0.6) is 5.75 Å². The summed E-state index contributed by atoms with van der Waals surface area (Å²) in [6, 6.07) is 10.2. The number of hydrogen-bond donors (Lipinski definition) is 7. The number of hydrogen-bond acceptors (Lipinski definition) is 10. The van der Waals surface area contributed by atoms with E-state index >= 15 is 0 Å². The minimum absolute atomic E-state index is 0.0166. The number of H-pyrrole nitrogens is 1. The van der Waals surface area contributed by atoms with Gasteiger partial charge in [-0.2, -0.15) is 0 Å². The molecule has 0 unspecified atom stereocenters. The Balaban J connectivity index is 1.33. The van der Waals surface area contributed by atoms with Crippen LogP contribution >= 0.6 is 0 Å². The second-order valence-corrected chi connectivity index (χ2v) is 14.8. The minimum Gasteiger partial charge on any atom is -0.484 e. The summed E-state index contributed by atoms with van der Waals surface area (Å²) in [4.78, 5) is 86.5. The van der Waals surface area contributed by atoms with Crippen molar-refractivity contribution in [1.29, 1.82) is 0 Å². The van der Waals surface area contributed by atoms with Gasteiger partial charge >= 0.3 is 0 Å². The lowest BCUT2D eigenvalue weighted by atomic mass is 10.0. The number of benzene rings is 2. The van der Waals surface area contributed by atoms with Crippen molar-refractivity contribution < 1.29 is 43.1 Å². The molecule has 302 valence electrons. The van der Waals surface area contributed by atoms with Crippen LogP contribution in [0.3, 0.4) is 0 Å². The number of amides is 6. The monoisotopic (exact) mass is 784 g/mol. The first kappa shape index (κ1) is 40.4. The third kappa shape index (κ3) is 9.78. The van der Waals surface area contributed by atoms with Gasteiger partial charge < -0.3 is 50.8 Å². The van der Waals surface area contributed by atoms with Crippen molar-refractivity contribution in [3.8, 4) is 5.75 Å². The molecule has 2 aromatic carbocycles. The molecule has 2 aromatic heterocycles. The zero-order valence-corrected chi connectivity index (χ0v) is 32.2. The van der Waals surface area contributed by atoms with E-state index < -0.39 is 78.4 Å². The lowest BCUT2D eigenvalue weighted by Gasteiger charge is -2.30. The molecule has 5 heterocycles. The normalized spacial score (nSPS) is 23.4. The maximum absolute atomic E-state index is 14.7. The lowest BCUT2D eigenvalue weighted by molar-refractivity contribution is -0.143. The van der Waals surface area contributed by atoms with Gasteiger partial charge in [-0.1, -0.05) is 49.3 Å². The maximum atomic E-state index is 14.7. The molecule has 0 aliphatic carbocycles. The van der Waals surface area contributed by atoms with E-state index in [0.29, 0.717) is 17.9 Å². The summed E-state index contributed by atoms with van der Waals surface area (Å²) in [6.07, 6.45) is 0.750. The first-order valence-corrected chi connectivity index (χ1v) is 19.0. The van der Waals surface area contributed by atoms with E-state index in [2.05, 4.69) is 36.7 Å². The van der Waals surface area contributed by atoms with Crippen LogP contribution in [-0.4, -0.2) is 112 Å². The molecule has 1 saturated heterocycles. The van der Waals surface area contributed by atoms with E-state index in [-0.39, 0.29) is 37.5 Å². The molecule has 3 aliphatic heterocycles. The summed E-state index contributed by atoms with van der Waals surface area (Å²) in [6.45, 7) is 6.24. The van der Waals surface area contributed by atoms with Crippen LogP contribution in [0.1, 0.15) is 67.4 Å². The van der Waals surface area contributed by atoms with Crippen LogP contribution < -0.4 is 31.3 Å². The smallest absolute Gasteiger partial charge is 0.273 e. The van der Waals surface area contributed by atoms with Crippen LogP contribution in [0.2, 0.25) is 0 Å². The zero-order valence-electron chi connectivity index (χ0n) is 32.2. The third-order valence-corrected chi connectivity index (χ3v) is 10.1. The molecule has 6 atom stereocenters. The maximum Gasteiger partial charge on any atom is 0.273 e. The summed E-state index contributed by atoms with van der Waals surface area (Å²) in [5, 5.41) is 28.9. The molecule has 7 rings (SSSR count). The van der Waals surface area contributed by atoms with Crippen LogP contribution in [0.25, 0.3) is 10.9 Å². The molecule has 57 heavy (non-hydrogen) atoms. The SMILES string of the molecule is CC(C)c1cc(C(=O)N[C@H]2C[C@H]3C(=O)N[C@@H]([C@@H](C)O)C(=O)N[C@@H](C)C(=O)NCCc4ccc(cc4)OCC(=O)N[C@H](Cc4c[nH]c5ccccc45)C(=O)N3C2)no1. The van der Waals surface area contributed by atoms with E-state index in [1.54, 1.807) is 30.5 Å². The van der Waals surface area contributed by atoms with Gasteiger partial charge in [0, 0.05) is 54.6 Å². The standard InChI is InChI=1S/C40H48N8O9/c1-21(2)33-17-30(47-57-33)37(52)44-26-16-32-38(53)46-35(23(4)49)39(54)43-22(3)36(51)41-14-13-24-9-11-27(12-10-24)56-20-34(50)45-31(40(55)48(32)19-26)15-25-18-42-29-8-6-5-7-28(25)29/h5-12,17-18,21-23,26,31-32,35,42,49H,13-16,19-20H2,1-4H3,(H,41,51)(H,43,54)(H,44,52)(H,45,50)(H,46,53)/t22-,23+,26-,31+,32-,35-/m0/s1. The van der Waals surface area contributed by atoms with Crippen molar-refractivity contribution in [3.63, 3.8) is 0 Å². The number of aromatic nitrogens is 2. The number of aromatic amines is 1. The third-order valence-electron chi connectivity index (χ3n) is 10.1. The Morgan fingerprint density at radius 1 is 0.982 bits per heavy atom. The topological polar surface area (TPSA) is 237 Å². The fraction of sp³-hybridized carbons (Fsp3) is 0.425. The van der Waals surface area contributed by atoms with Gasteiger partial charge in [-0.25, -0.2) is 0 Å². The van der Waals surface area contributed by atoms with Crippen LogP contribution in [0, 0.1) is 0 Å². The summed E-state index contributed by atoms with van der Waals surface area (Å²) >= 11 is 0. The molecule has 1 fully saturated rings. The highest BCUT2D eigenvalue weighted by atomic mass is 16.5. The molecule has 0 saturated carbocycles. The van der Waals surface area contributed by atoms with Crippen LogP contribution in [0.4, 0.5) is 0 Å². The molecule has 17 nitrogen and oxygen atoms in total. The van der Waals surface area contributed by atoms with E-state index in [1.165, 1.54) is 24.8 Å². The Morgan fingerprint density at radius 3 is 2.46 bits per heavy atom. The average molecular weight is 785 g/mol. The van der Waals surface area contributed by atoms with Crippen molar-refractivity contribution in [3.05, 3.63) is 83.4 Å². The first-order valence-electron chi connectivity index (χ1n) is 19.0. The molecule has 6 amide bonds. The highest BCUT2D eigenvalue weighted by molar-refractivity contribution is 5.97. The van der Waals surface area contributed by atoms with Crippen molar-refractivity contribution in [1.82, 2.24) is 41.6 Å². The van der Waals surface area contributed by atoms with Gasteiger partial charge in [-0.3, -0.25) is 28.8 Å². The highest BCUT2D eigenvalue weighted by Gasteiger charge is 2.44. The number of carbonyl (C=O) groups excluding carboxylic acids is 6. The van der Waals surface area contributed by atoms with E-state index in [1.807, 2.05) is 38.1 Å². The molecule has 0 spiro atoms. The molecule has 17 heteroatoms. The number of nitrogens with one attached hydrogen (secondary N) is 6. The molecular formula is C40H48N8O9. The number of aliphatic hydroxyl groups is 1. The molecule has 7 N–H and O–H groups in total. The Bertz CT molecular complexity index is 2110. The number of ether oxygens (including phenoxy) is 1. The Hall–Kier alpha value is -6.23. The fourth-order valence-electron chi connectivity index (χ4n) is 6.92. The number of fused-ring (bicyclic) bond motifs is 17. The zero-order chi connectivity index (χ0) is 40.8. The summed E-state index contributed by atoms with van der Waals surface area (Å²) in [7, 11) is 0. The highest BCUT2D eigenvalue weighted by Crippen LogP contribution is 2.25. The second-order valence-electron chi connectivity index (χ2n) is 14.8. The van der Waals surface area contributed by atoms with Gasteiger partial charge in [0.25, 0.3) is 11.8 Å². The minimum atomic E-state index is -1.52. The predicted octanol–water partition coefficient (Wildman–Crippen LogP) is 0.828. The number of aliphatic hydroxyl groups excluding tert-OH is 1. The molecule has 2 bridgehead atoms. The number of para-hydroxylation sites is 1. The van der Waals surface area contributed by atoms with Gasteiger partial charge in [-0.15, -0.1) is 0 Å². The van der Waals surface area contributed by atoms with Gasteiger partial charge in [0.05, 0.1) is 6.10 Å². The van der Waals surface area contributed by atoms with Crippen molar-refractivity contribution >= 4 is 46.3 Å². The van der Waals surface area contributed by atoms with Crippen LogP contribution in [0.15, 0.2) is 65.3 Å². The molecule has 3 aliphatic rings. The van der Waals surface area contributed by atoms with E-state index in [0.717, 1.165) is 22.0 Å². The van der Waals surface area contributed by atoms with E-state index in [4.69, 9.17) is 9.26 Å². The van der Waals surface area contributed by atoms with Crippen LogP contribution in [-0.2, 0) is 36.8 Å². The van der Waals surface area contributed by atoms with E-state index in [9.17, 15) is 33.9 Å². The van der Waals surface area contributed by atoms with Crippen molar-refractivity contribution in [2.24, 2.45) is 0 Å². The van der Waals surface area contributed by atoms with Crippen molar-refractivity contribution in [2.45, 2.75) is 89.2 Å². The van der Waals surface area contributed by atoms with Gasteiger partial charge in [0.15, 0.2) is 12.3 Å². The molecular weight excluding hydrogens is 736 g/mol. The van der Waals surface area contributed by atoms with Gasteiger partial charge in [0.1, 0.15) is 35.7 Å². The summed E-state index contributed by atoms with van der Waals surface area (Å²) in [5.41, 5.74) is 2.44. The molecule has 0 radical (unpaired) electrons. The second kappa shape index (κ2) is 17.7. The molecule has 4 aromatic rings. The average Bonchev–Trinajstić information content (AvgIpc) is 3.95. The number of nitrogens with zero attached hydrogens (tertiary/aromatic N) is 2. The largest absolute Gasteiger partial charge is 0.484 e. The Kier molecular flexibility index (Phi) is 12.6. The summed E-state index contributed by atoms with van der Waals surface area (Å²) in [5.74, 6) is -3.04. The summed E-state index contributed by atoms with van der Waals surface area (Å²) < 4.78 is 11.1. The Morgan fingerprint density at radius 2 is 1.74 bits per heavy atom. The predicted molar refractivity (Wildman–Crippen MR) is 206 cm³/mol. The number of rotatable bonds is 6. The number of carbonyl (C=O) groups is 6. The van der Waals surface area contributed by atoms with Gasteiger partial charge in [0.2, 0.25) is 23.6 Å². The van der Waals surface area contributed by atoms with Crippen molar-refractivity contribution in [2.75, 3.05) is 19.7 Å². The lowest BCUT2D eigenvalue weighted by Crippen LogP contribution is -2.60. The quantitative estimate of drug-likeness (QED) is 0.136. The Labute approximate surface area is 328 Å². The van der Waals surface area contributed by atoms with Gasteiger partial charge in [-0.05, 0) is 56.0 Å².